The third kappa shape index (κ3) is 3.48. The van der Waals surface area contributed by atoms with Crippen molar-refractivity contribution < 1.29 is 22.9 Å². The number of nitro groups is 1. The summed E-state index contributed by atoms with van der Waals surface area (Å²) in [7, 11) is 0. The van der Waals surface area contributed by atoms with Crippen molar-refractivity contribution in [2.45, 2.75) is 12.6 Å². The molecule has 21 heavy (non-hydrogen) atoms. The molecular weight excluding hydrogens is 291 g/mol. The number of alkyl halides is 3. The molecule has 2 rings (SSSR count). The van der Waals surface area contributed by atoms with Crippen molar-refractivity contribution in [1.82, 2.24) is 5.32 Å². The van der Waals surface area contributed by atoms with Crippen LogP contribution in [0.25, 0.3) is 0 Å². The Morgan fingerprint density at radius 3 is 2.67 bits per heavy atom. The summed E-state index contributed by atoms with van der Waals surface area (Å²) in [5.74, 6) is -0.783. The number of benzene rings is 1. The lowest BCUT2D eigenvalue weighted by atomic mass is 10.1. The maximum atomic E-state index is 12.6. The van der Waals surface area contributed by atoms with Gasteiger partial charge in [-0.2, -0.15) is 13.2 Å². The number of nitrogens with zero attached hydrogens (tertiary/aromatic N) is 1. The van der Waals surface area contributed by atoms with E-state index in [-0.39, 0.29) is 11.6 Å². The zero-order valence-corrected chi connectivity index (χ0v) is 10.7. The monoisotopic (exact) mass is 303 g/mol. The number of halogens is 3. The molecular formula is C12H12F3N3O3. The number of hydrogen-bond acceptors (Lipinski definition) is 4. The predicted octanol–water partition coefficient (Wildman–Crippen LogP) is 2.16. The number of carbonyl (C=O) groups excluding carboxylic acids is 1. The van der Waals surface area contributed by atoms with E-state index in [9.17, 15) is 28.1 Å². The summed E-state index contributed by atoms with van der Waals surface area (Å²) in [4.78, 5) is 21.8. The van der Waals surface area contributed by atoms with Gasteiger partial charge in [-0.05, 0) is 25.1 Å². The first-order valence-corrected chi connectivity index (χ1v) is 6.16. The molecule has 0 spiro atoms. The van der Waals surface area contributed by atoms with Crippen LogP contribution in [0, 0.1) is 16.0 Å². The lowest BCUT2D eigenvalue weighted by Gasteiger charge is -2.12. The van der Waals surface area contributed by atoms with Crippen LogP contribution in [0.5, 0.6) is 0 Å². The van der Waals surface area contributed by atoms with E-state index < -0.39 is 28.3 Å². The summed E-state index contributed by atoms with van der Waals surface area (Å²) in [6.45, 7) is 1.10. The maximum Gasteiger partial charge on any atom is 0.416 e. The Balaban J connectivity index is 2.26. The number of nitrogens with one attached hydrogen (secondary N) is 2. The molecule has 0 radical (unpaired) electrons. The summed E-state index contributed by atoms with van der Waals surface area (Å²) < 4.78 is 37.7. The molecule has 9 heteroatoms. The maximum absolute atomic E-state index is 12.6. The minimum absolute atomic E-state index is 0.232. The molecule has 1 heterocycles. The lowest BCUT2D eigenvalue weighted by molar-refractivity contribution is -0.384. The molecule has 1 fully saturated rings. The molecule has 0 saturated carbocycles. The summed E-state index contributed by atoms with van der Waals surface area (Å²) in [6, 6.07) is 2.03. The Morgan fingerprint density at radius 2 is 2.14 bits per heavy atom. The van der Waals surface area contributed by atoms with Gasteiger partial charge >= 0.3 is 6.18 Å². The van der Waals surface area contributed by atoms with Crippen LogP contribution < -0.4 is 10.6 Å². The average Bonchev–Trinajstić information content (AvgIpc) is 2.91. The third-order valence-electron chi connectivity index (χ3n) is 3.21. The van der Waals surface area contributed by atoms with Crippen LogP contribution in [0.1, 0.15) is 12.0 Å². The predicted molar refractivity (Wildman–Crippen MR) is 67.7 cm³/mol. The van der Waals surface area contributed by atoms with Gasteiger partial charge in [-0.3, -0.25) is 14.9 Å². The van der Waals surface area contributed by atoms with E-state index in [1.165, 1.54) is 0 Å². The first kappa shape index (κ1) is 15.2. The van der Waals surface area contributed by atoms with Crippen molar-refractivity contribution in [1.29, 1.82) is 0 Å². The summed E-state index contributed by atoms with van der Waals surface area (Å²) in [5.41, 5.74) is -2.14. The van der Waals surface area contributed by atoms with Crippen molar-refractivity contribution in [2.24, 2.45) is 5.92 Å². The molecule has 2 N–H and O–H groups in total. The van der Waals surface area contributed by atoms with Crippen molar-refractivity contribution in [3.63, 3.8) is 0 Å². The Labute approximate surface area is 117 Å². The van der Waals surface area contributed by atoms with Crippen LogP contribution in [-0.2, 0) is 11.0 Å². The van der Waals surface area contributed by atoms with E-state index >= 15 is 0 Å². The van der Waals surface area contributed by atoms with Crippen LogP contribution in [0.15, 0.2) is 18.2 Å². The highest BCUT2D eigenvalue weighted by molar-refractivity contribution is 5.95. The second kappa shape index (κ2) is 5.68. The molecule has 1 atom stereocenters. The molecule has 0 bridgehead atoms. The fourth-order valence-corrected chi connectivity index (χ4v) is 2.08. The van der Waals surface area contributed by atoms with Gasteiger partial charge in [-0.15, -0.1) is 0 Å². The van der Waals surface area contributed by atoms with Gasteiger partial charge in [0.25, 0.3) is 5.69 Å². The molecule has 114 valence electrons. The largest absolute Gasteiger partial charge is 0.416 e. The Bertz CT molecular complexity index is 569. The van der Waals surface area contributed by atoms with Crippen LogP contribution in [0.3, 0.4) is 0 Å². The van der Waals surface area contributed by atoms with E-state index in [0.717, 1.165) is 6.07 Å². The quantitative estimate of drug-likeness (QED) is 0.662. The number of rotatable bonds is 3. The van der Waals surface area contributed by atoms with Gasteiger partial charge in [-0.25, -0.2) is 0 Å². The van der Waals surface area contributed by atoms with Crippen molar-refractivity contribution in [2.75, 3.05) is 18.4 Å². The minimum Gasteiger partial charge on any atom is -0.320 e. The normalized spacial score (nSPS) is 18.5. The summed E-state index contributed by atoms with van der Waals surface area (Å²) >= 11 is 0. The second-order valence-corrected chi connectivity index (χ2v) is 4.67. The third-order valence-corrected chi connectivity index (χ3v) is 3.21. The molecule has 1 aromatic rings. The Kier molecular flexibility index (Phi) is 4.12. The first-order valence-electron chi connectivity index (χ1n) is 6.16. The molecule has 1 aliphatic rings. The van der Waals surface area contributed by atoms with Crippen LogP contribution in [0.4, 0.5) is 24.5 Å². The van der Waals surface area contributed by atoms with Crippen LogP contribution in [-0.4, -0.2) is 23.9 Å². The molecule has 1 saturated heterocycles. The molecule has 0 aliphatic carbocycles. The first-order chi connectivity index (χ1) is 9.79. The minimum atomic E-state index is -4.68. The molecule has 1 aliphatic heterocycles. The number of amides is 1. The van der Waals surface area contributed by atoms with E-state index in [4.69, 9.17) is 0 Å². The lowest BCUT2D eigenvalue weighted by Crippen LogP contribution is -2.25. The van der Waals surface area contributed by atoms with E-state index in [1.54, 1.807) is 0 Å². The average molecular weight is 303 g/mol. The Hall–Kier alpha value is -2.16. The van der Waals surface area contributed by atoms with Gasteiger partial charge in [0.05, 0.1) is 16.4 Å². The van der Waals surface area contributed by atoms with Gasteiger partial charge in [0.1, 0.15) is 5.69 Å². The fourth-order valence-electron chi connectivity index (χ4n) is 2.08. The highest BCUT2D eigenvalue weighted by Gasteiger charge is 2.33. The van der Waals surface area contributed by atoms with E-state index in [2.05, 4.69) is 10.6 Å². The molecule has 0 aromatic heterocycles. The number of carbonyl (C=O) groups is 1. The topological polar surface area (TPSA) is 84.3 Å². The van der Waals surface area contributed by atoms with Crippen molar-refractivity contribution >= 4 is 17.3 Å². The molecule has 1 aromatic carbocycles. The highest BCUT2D eigenvalue weighted by atomic mass is 19.4. The molecule has 1 amide bonds. The van der Waals surface area contributed by atoms with Crippen molar-refractivity contribution in [3.05, 3.63) is 33.9 Å². The Morgan fingerprint density at radius 1 is 1.43 bits per heavy atom. The number of hydrogen-bond donors (Lipinski definition) is 2. The number of nitro benzene ring substituents is 1. The van der Waals surface area contributed by atoms with Gasteiger partial charge in [0.2, 0.25) is 5.91 Å². The summed E-state index contributed by atoms with van der Waals surface area (Å²) in [6.07, 6.45) is -4.09. The van der Waals surface area contributed by atoms with Gasteiger partial charge < -0.3 is 10.6 Å². The SMILES string of the molecule is O=C(Nc1ccc(C(F)(F)F)cc1[N+](=O)[O-])C1CCNC1. The van der Waals surface area contributed by atoms with E-state index in [0.29, 0.717) is 31.6 Å². The van der Waals surface area contributed by atoms with Gasteiger partial charge in [0.15, 0.2) is 0 Å². The highest BCUT2D eigenvalue weighted by Crippen LogP contribution is 2.35. The summed E-state index contributed by atoms with van der Waals surface area (Å²) in [5, 5.41) is 16.2. The van der Waals surface area contributed by atoms with Crippen LogP contribution >= 0.6 is 0 Å². The molecule has 6 nitrogen and oxygen atoms in total. The standard InChI is InChI=1S/C12H12F3N3O3/c13-12(14,15)8-1-2-9(10(5-8)18(20)21)17-11(19)7-3-4-16-6-7/h1-2,5,7,16H,3-4,6H2,(H,17,19). The fraction of sp³-hybridized carbons (Fsp3) is 0.417. The zero-order valence-electron chi connectivity index (χ0n) is 10.7. The van der Waals surface area contributed by atoms with Crippen LogP contribution in [0.2, 0.25) is 0 Å². The number of anilines is 1. The smallest absolute Gasteiger partial charge is 0.320 e. The van der Waals surface area contributed by atoms with Gasteiger partial charge in [-0.1, -0.05) is 0 Å². The second-order valence-electron chi connectivity index (χ2n) is 4.67. The van der Waals surface area contributed by atoms with Crippen molar-refractivity contribution in [3.8, 4) is 0 Å². The zero-order chi connectivity index (χ0) is 15.6. The van der Waals surface area contributed by atoms with Gasteiger partial charge in [0, 0.05) is 12.6 Å². The molecule has 1 unspecified atom stereocenters. The van der Waals surface area contributed by atoms with E-state index in [1.807, 2.05) is 0 Å².